The molecule has 1 saturated heterocycles. The Labute approximate surface area is 166 Å². The van der Waals surface area contributed by atoms with Gasteiger partial charge in [-0.05, 0) is 42.9 Å². The molecule has 3 aromatic rings. The van der Waals surface area contributed by atoms with Gasteiger partial charge in [-0.25, -0.2) is 9.97 Å². The zero-order chi connectivity index (χ0) is 19.2. The van der Waals surface area contributed by atoms with E-state index in [0.717, 1.165) is 37.0 Å². The molecule has 0 aliphatic carbocycles. The van der Waals surface area contributed by atoms with E-state index in [-0.39, 0.29) is 0 Å². The molecule has 1 fully saturated rings. The van der Waals surface area contributed by atoms with Crippen molar-refractivity contribution in [1.29, 1.82) is 0 Å². The number of hydrogen-bond acceptors (Lipinski definition) is 5. The first-order chi connectivity index (χ1) is 13.8. The topological polar surface area (TPSA) is 47.5 Å². The number of hydrogen-bond donors (Lipinski definition) is 0. The molecule has 0 unspecified atom stereocenters. The van der Waals surface area contributed by atoms with E-state index >= 15 is 0 Å². The van der Waals surface area contributed by atoms with Crippen molar-refractivity contribution in [2.45, 2.75) is 19.3 Å². The Morgan fingerprint density at radius 3 is 2.50 bits per heavy atom. The van der Waals surface area contributed by atoms with Gasteiger partial charge in [0, 0.05) is 25.2 Å². The number of rotatable bonds is 6. The van der Waals surface area contributed by atoms with Crippen molar-refractivity contribution in [3.8, 4) is 17.4 Å². The number of aromatic nitrogens is 2. The normalized spacial score (nSPS) is 14.7. The fourth-order valence-electron chi connectivity index (χ4n) is 3.66. The molecule has 0 atom stereocenters. The highest BCUT2D eigenvalue weighted by Crippen LogP contribution is 2.28. The monoisotopic (exact) mass is 375 g/mol. The number of anilines is 1. The predicted octanol–water partition coefficient (Wildman–Crippen LogP) is 4.74. The van der Waals surface area contributed by atoms with Gasteiger partial charge in [-0.3, -0.25) is 0 Å². The highest BCUT2D eigenvalue weighted by molar-refractivity contribution is 5.43. The van der Waals surface area contributed by atoms with Crippen LogP contribution in [0.15, 0.2) is 67.0 Å². The van der Waals surface area contributed by atoms with E-state index in [1.807, 2.05) is 30.3 Å². The van der Waals surface area contributed by atoms with Gasteiger partial charge >= 0.3 is 0 Å². The molecule has 5 heteroatoms. The highest BCUT2D eigenvalue weighted by Gasteiger charge is 2.21. The van der Waals surface area contributed by atoms with Gasteiger partial charge in [0.2, 0.25) is 5.88 Å². The number of nitrogens with zero attached hydrogens (tertiary/aromatic N) is 3. The van der Waals surface area contributed by atoms with Crippen LogP contribution in [0, 0.1) is 5.92 Å². The smallest absolute Gasteiger partial charge is 0.224 e. The predicted molar refractivity (Wildman–Crippen MR) is 110 cm³/mol. The average molecular weight is 375 g/mol. The SMILES string of the molecule is COc1cccc(Oc2cc(N3CCC(Cc4ccccc4)CC3)ncn2)c1. The second-order valence-electron chi connectivity index (χ2n) is 7.12. The van der Waals surface area contributed by atoms with Gasteiger partial charge in [-0.15, -0.1) is 0 Å². The second kappa shape index (κ2) is 8.74. The fourth-order valence-corrected chi connectivity index (χ4v) is 3.66. The van der Waals surface area contributed by atoms with Crippen LogP contribution in [0.3, 0.4) is 0 Å². The number of methoxy groups -OCH3 is 1. The molecular formula is C23H25N3O2. The van der Waals surface area contributed by atoms with Gasteiger partial charge in [0.1, 0.15) is 23.6 Å². The molecule has 0 spiro atoms. The lowest BCUT2D eigenvalue weighted by Crippen LogP contribution is -2.34. The minimum absolute atomic E-state index is 0.546. The Kier molecular flexibility index (Phi) is 5.71. The lowest BCUT2D eigenvalue weighted by molar-refractivity contribution is 0.400. The zero-order valence-corrected chi connectivity index (χ0v) is 16.1. The summed E-state index contributed by atoms with van der Waals surface area (Å²) in [5.41, 5.74) is 1.43. The van der Waals surface area contributed by atoms with Crippen LogP contribution in [0.1, 0.15) is 18.4 Å². The van der Waals surface area contributed by atoms with Gasteiger partial charge in [0.25, 0.3) is 0 Å². The summed E-state index contributed by atoms with van der Waals surface area (Å²) in [6.45, 7) is 2.01. The van der Waals surface area contributed by atoms with Crippen molar-refractivity contribution in [3.05, 3.63) is 72.6 Å². The highest BCUT2D eigenvalue weighted by atomic mass is 16.5. The third kappa shape index (κ3) is 4.60. The first kappa shape index (κ1) is 18.3. The molecule has 1 aromatic heterocycles. The Balaban J connectivity index is 1.37. The second-order valence-corrected chi connectivity index (χ2v) is 7.12. The van der Waals surface area contributed by atoms with Crippen molar-refractivity contribution < 1.29 is 9.47 Å². The van der Waals surface area contributed by atoms with Crippen molar-refractivity contribution in [1.82, 2.24) is 9.97 Å². The summed E-state index contributed by atoms with van der Waals surface area (Å²) < 4.78 is 11.1. The van der Waals surface area contributed by atoms with Gasteiger partial charge in [-0.1, -0.05) is 36.4 Å². The summed E-state index contributed by atoms with van der Waals surface area (Å²) in [6, 6.07) is 20.2. The van der Waals surface area contributed by atoms with Crippen molar-refractivity contribution in [2.75, 3.05) is 25.1 Å². The van der Waals surface area contributed by atoms with Crippen LogP contribution in [0.2, 0.25) is 0 Å². The van der Waals surface area contributed by atoms with E-state index in [1.165, 1.54) is 18.4 Å². The van der Waals surface area contributed by atoms with Gasteiger partial charge in [0.15, 0.2) is 0 Å². The van der Waals surface area contributed by atoms with Crippen molar-refractivity contribution in [2.24, 2.45) is 5.92 Å². The summed E-state index contributed by atoms with van der Waals surface area (Å²) in [5.74, 6) is 3.65. The van der Waals surface area contributed by atoms with E-state index in [1.54, 1.807) is 13.4 Å². The minimum atomic E-state index is 0.546. The third-order valence-electron chi connectivity index (χ3n) is 5.20. The van der Waals surface area contributed by atoms with E-state index in [0.29, 0.717) is 11.6 Å². The van der Waals surface area contributed by atoms with Crippen LogP contribution in [-0.4, -0.2) is 30.2 Å². The first-order valence-electron chi connectivity index (χ1n) is 9.73. The molecule has 1 aliphatic heterocycles. The molecular weight excluding hydrogens is 350 g/mol. The van der Waals surface area contributed by atoms with Gasteiger partial charge < -0.3 is 14.4 Å². The summed E-state index contributed by atoms with van der Waals surface area (Å²) in [7, 11) is 1.64. The van der Waals surface area contributed by atoms with Crippen LogP contribution in [0.4, 0.5) is 5.82 Å². The van der Waals surface area contributed by atoms with E-state index < -0.39 is 0 Å². The summed E-state index contributed by atoms with van der Waals surface area (Å²) >= 11 is 0. The molecule has 0 amide bonds. The molecule has 2 aromatic carbocycles. The van der Waals surface area contributed by atoms with E-state index in [4.69, 9.17) is 9.47 Å². The summed E-state index contributed by atoms with van der Waals surface area (Å²) in [6.07, 6.45) is 5.07. The Morgan fingerprint density at radius 2 is 1.71 bits per heavy atom. The molecule has 0 bridgehead atoms. The molecule has 0 radical (unpaired) electrons. The zero-order valence-electron chi connectivity index (χ0n) is 16.1. The van der Waals surface area contributed by atoms with Crippen LogP contribution in [0.5, 0.6) is 17.4 Å². The maximum Gasteiger partial charge on any atom is 0.224 e. The van der Waals surface area contributed by atoms with Crippen LogP contribution in [-0.2, 0) is 6.42 Å². The number of ether oxygens (including phenoxy) is 2. The lowest BCUT2D eigenvalue weighted by atomic mass is 9.90. The molecule has 1 aliphatic rings. The Morgan fingerprint density at radius 1 is 0.929 bits per heavy atom. The van der Waals surface area contributed by atoms with Crippen LogP contribution in [0.25, 0.3) is 0 Å². The van der Waals surface area contributed by atoms with E-state index in [2.05, 4.69) is 45.2 Å². The van der Waals surface area contributed by atoms with E-state index in [9.17, 15) is 0 Å². The number of piperidine rings is 1. The van der Waals surface area contributed by atoms with Crippen molar-refractivity contribution >= 4 is 5.82 Å². The molecule has 4 rings (SSSR count). The molecule has 0 saturated carbocycles. The number of benzene rings is 2. The largest absolute Gasteiger partial charge is 0.497 e. The molecule has 2 heterocycles. The summed E-state index contributed by atoms with van der Waals surface area (Å²) in [4.78, 5) is 11.0. The van der Waals surface area contributed by atoms with Gasteiger partial charge in [-0.2, -0.15) is 0 Å². The van der Waals surface area contributed by atoms with Crippen LogP contribution >= 0.6 is 0 Å². The summed E-state index contributed by atoms with van der Waals surface area (Å²) in [5, 5.41) is 0. The molecule has 5 nitrogen and oxygen atoms in total. The maximum atomic E-state index is 5.89. The fraction of sp³-hybridized carbons (Fsp3) is 0.304. The standard InChI is InChI=1S/C23H25N3O2/c1-27-20-8-5-9-21(15-20)28-23-16-22(24-17-25-23)26-12-10-19(11-13-26)14-18-6-3-2-4-7-18/h2-9,15-17,19H,10-14H2,1H3. The Hall–Kier alpha value is -3.08. The lowest BCUT2D eigenvalue weighted by Gasteiger charge is -2.32. The van der Waals surface area contributed by atoms with Gasteiger partial charge in [0.05, 0.1) is 7.11 Å². The molecule has 28 heavy (non-hydrogen) atoms. The Bertz CT molecular complexity index is 893. The van der Waals surface area contributed by atoms with Crippen LogP contribution < -0.4 is 14.4 Å². The third-order valence-corrected chi connectivity index (χ3v) is 5.20. The molecule has 144 valence electrons. The average Bonchev–Trinajstić information content (AvgIpc) is 2.75. The maximum absolute atomic E-state index is 5.89. The quantitative estimate of drug-likeness (QED) is 0.623. The first-order valence-corrected chi connectivity index (χ1v) is 9.73. The van der Waals surface area contributed by atoms with Crippen molar-refractivity contribution in [3.63, 3.8) is 0 Å². The minimum Gasteiger partial charge on any atom is -0.497 e. The molecule has 0 N–H and O–H groups in total.